The Morgan fingerprint density at radius 2 is 2.33 bits per heavy atom. The van der Waals surface area contributed by atoms with Gasteiger partial charge in [-0.05, 0) is 41.1 Å². The number of benzene rings is 1. The number of aromatic nitrogens is 1. The predicted molar refractivity (Wildman–Crippen MR) is 84.5 cm³/mol. The number of anilines is 2. The van der Waals surface area contributed by atoms with E-state index in [0.717, 1.165) is 5.69 Å². The van der Waals surface area contributed by atoms with E-state index in [1.807, 2.05) is 5.38 Å². The molecule has 112 valence electrons. The minimum atomic E-state index is -0.334. The number of thiazole rings is 1. The van der Waals surface area contributed by atoms with Gasteiger partial charge >= 0.3 is 5.97 Å². The number of aryl methyl sites for hydroxylation is 1. The topological polar surface area (TPSA) is 51.2 Å². The van der Waals surface area contributed by atoms with Gasteiger partial charge in [0.15, 0.2) is 5.13 Å². The number of esters is 1. The molecule has 7 heteroatoms. The highest BCUT2D eigenvalue weighted by atomic mass is 79.9. The summed E-state index contributed by atoms with van der Waals surface area (Å²) in [6.07, 6.45) is 0.843. The van der Waals surface area contributed by atoms with Gasteiger partial charge in [-0.25, -0.2) is 9.37 Å². The van der Waals surface area contributed by atoms with E-state index in [-0.39, 0.29) is 11.8 Å². The lowest BCUT2D eigenvalue weighted by molar-refractivity contribution is -0.143. The second kappa shape index (κ2) is 7.51. The zero-order valence-electron chi connectivity index (χ0n) is 11.4. The largest absolute Gasteiger partial charge is 0.466 e. The second-order valence-electron chi connectivity index (χ2n) is 4.20. The number of halogens is 2. The van der Waals surface area contributed by atoms with Crippen molar-refractivity contribution in [2.75, 3.05) is 11.9 Å². The number of carbonyl (C=O) groups excluding carboxylic acids is 1. The highest BCUT2D eigenvalue weighted by molar-refractivity contribution is 9.10. The number of nitrogens with zero attached hydrogens (tertiary/aromatic N) is 1. The fraction of sp³-hybridized carbons (Fsp3) is 0.286. The van der Waals surface area contributed by atoms with Crippen LogP contribution in [0, 0.1) is 5.82 Å². The molecule has 0 fully saturated rings. The molecule has 4 nitrogen and oxygen atoms in total. The van der Waals surface area contributed by atoms with Crippen molar-refractivity contribution in [1.29, 1.82) is 0 Å². The summed E-state index contributed by atoms with van der Waals surface area (Å²) >= 11 is 4.52. The van der Waals surface area contributed by atoms with Gasteiger partial charge in [-0.3, -0.25) is 4.79 Å². The first-order valence-electron chi connectivity index (χ1n) is 6.40. The average Bonchev–Trinajstić information content (AvgIpc) is 2.89. The minimum absolute atomic E-state index is 0.227. The number of rotatable bonds is 6. The first kappa shape index (κ1) is 15.9. The van der Waals surface area contributed by atoms with Crippen molar-refractivity contribution in [3.05, 3.63) is 39.6 Å². The maximum Gasteiger partial charge on any atom is 0.306 e. The number of hydrogen-bond donors (Lipinski definition) is 1. The molecular weight excluding hydrogens is 359 g/mol. The van der Waals surface area contributed by atoms with Crippen LogP contribution in [0.4, 0.5) is 15.2 Å². The summed E-state index contributed by atoms with van der Waals surface area (Å²) in [4.78, 5) is 15.6. The molecule has 0 spiro atoms. The number of ether oxygens (including phenoxy) is 1. The third kappa shape index (κ3) is 4.78. The normalized spacial score (nSPS) is 10.4. The van der Waals surface area contributed by atoms with Crippen LogP contribution in [0.1, 0.15) is 19.0 Å². The lowest BCUT2D eigenvalue weighted by Gasteiger charge is -2.03. The highest BCUT2D eigenvalue weighted by Gasteiger charge is 2.07. The number of nitrogens with one attached hydrogen (secondary N) is 1. The highest BCUT2D eigenvalue weighted by Crippen LogP contribution is 2.24. The maximum atomic E-state index is 13.4. The Hall–Kier alpha value is -1.47. The zero-order valence-corrected chi connectivity index (χ0v) is 13.8. The Balaban J connectivity index is 1.93. The van der Waals surface area contributed by atoms with Crippen LogP contribution < -0.4 is 5.32 Å². The van der Waals surface area contributed by atoms with Crippen molar-refractivity contribution in [3.8, 4) is 0 Å². The minimum Gasteiger partial charge on any atom is -0.466 e. The lowest BCUT2D eigenvalue weighted by Crippen LogP contribution is -2.05. The molecule has 0 bridgehead atoms. The van der Waals surface area contributed by atoms with Crippen molar-refractivity contribution in [1.82, 2.24) is 4.98 Å². The molecule has 0 aliphatic heterocycles. The van der Waals surface area contributed by atoms with Crippen molar-refractivity contribution in [3.63, 3.8) is 0 Å². The van der Waals surface area contributed by atoms with E-state index in [4.69, 9.17) is 4.74 Å². The van der Waals surface area contributed by atoms with Crippen molar-refractivity contribution in [2.24, 2.45) is 0 Å². The van der Waals surface area contributed by atoms with E-state index >= 15 is 0 Å². The van der Waals surface area contributed by atoms with Gasteiger partial charge < -0.3 is 10.1 Å². The van der Waals surface area contributed by atoms with Crippen molar-refractivity contribution < 1.29 is 13.9 Å². The van der Waals surface area contributed by atoms with Crippen LogP contribution in [0.5, 0.6) is 0 Å². The third-order valence-electron chi connectivity index (χ3n) is 2.61. The lowest BCUT2D eigenvalue weighted by atomic mass is 10.2. The quantitative estimate of drug-likeness (QED) is 0.768. The molecular formula is C14H14BrFN2O2S. The summed E-state index contributed by atoms with van der Waals surface area (Å²) in [6, 6.07) is 4.78. The first-order valence-corrected chi connectivity index (χ1v) is 8.08. The molecule has 1 aromatic carbocycles. The zero-order chi connectivity index (χ0) is 15.2. The van der Waals surface area contributed by atoms with Crippen molar-refractivity contribution >= 4 is 44.1 Å². The molecule has 0 atom stereocenters. The molecule has 0 amide bonds. The van der Waals surface area contributed by atoms with Crippen LogP contribution in [-0.4, -0.2) is 17.6 Å². The number of carbonyl (C=O) groups is 1. The van der Waals surface area contributed by atoms with E-state index in [0.29, 0.717) is 34.7 Å². The summed E-state index contributed by atoms with van der Waals surface area (Å²) in [7, 11) is 0. The molecule has 0 saturated heterocycles. The Kier molecular flexibility index (Phi) is 5.69. The van der Waals surface area contributed by atoms with Gasteiger partial charge in [0.05, 0.1) is 23.2 Å². The van der Waals surface area contributed by atoms with E-state index in [9.17, 15) is 9.18 Å². The maximum absolute atomic E-state index is 13.4. The Morgan fingerprint density at radius 3 is 3.05 bits per heavy atom. The molecule has 0 radical (unpaired) electrons. The van der Waals surface area contributed by atoms with E-state index in [1.165, 1.54) is 17.4 Å². The van der Waals surface area contributed by atoms with Gasteiger partial charge in [0.2, 0.25) is 0 Å². The molecule has 21 heavy (non-hydrogen) atoms. The fourth-order valence-electron chi connectivity index (χ4n) is 1.64. The van der Waals surface area contributed by atoms with Crippen molar-refractivity contribution in [2.45, 2.75) is 19.8 Å². The monoisotopic (exact) mass is 372 g/mol. The standard InChI is InChI=1S/C14H14BrFN2O2S/c1-2-20-13(19)6-4-10-8-21-14(18-10)17-9-3-5-11(15)12(16)7-9/h3,5,7-8H,2,4,6H2,1H3,(H,17,18). The number of hydrogen-bond acceptors (Lipinski definition) is 5. The van der Waals surface area contributed by atoms with Crippen LogP contribution >= 0.6 is 27.3 Å². The third-order valence-corrected chi connectivity index (χ3v) is 4.06. The van der Waals surface area contributed by atoms with Gasteiger partial charge in [-0.15, -0.1) is 11.3 Å². The summed E-state index contributed by atoms with van der Waals surface area (Å²) in [5.74, 6) is -0.561. The average molecular weight is 373 g/mol. The smallest absolute Gasteiger partial charge is 0.306 e. The van der Waals surface area contributed by atoms with E-state index < -0.39 is 0 Å². The van der Waals surface area contributed by atoms with Crippen LogP contribution in [0.2, 0.25) is 0 Å². The fourth-order valence-corrected chi connectivity index (χ4v) is 2.65. The molecule has 1 heterocycles. The van der Waals surface area contributed by atoms with Gasteiger partial charge in [0.1, 0.15) is 5.82 Å². The molecule has 2 aromatic rings. The molecule has 1 N–H and O–H groups in total. The molecule has 0 aliphatic carbocycles. The van der Waals surface area contributed by atoms with Crippen LogP contribution in [0.3, 0.4) is 0 Å². The van der Waals surface area contributed by atoms with Crippen LogP contribution in [0.15, 0.2) is 28.1 Å². The van der Waals surface area contributed by atoms with E-state index in [1.54, 1.807) is 19.1 Å². The second-order valence-corrected chi connectivity index (χ2v) is 5.92. The molecule has 1 aromatic heterocycles. The first-order chi connectivity index (χ1) is 10.1. The predicted octanol–water partition coefficient (Wildman–Crippen LogP) is 4.28. The Morgan fingerprint density at radius 1 is 1.52 bits per heavy atom. The molecule has 2 rings (SSSR count). The Labute approximate surface area is 134 Å². The van der Waals surface area contributed by atoms with Gasteiger partial charge in [0, 0.05) is 17.5 Å². The van der Waals surface area contributed by atoms with Gasteiger partial charge in [0.25, 0.3) is 0 Å². The summed E-state index contributed by atoms with van der Waals surface area (Å²) in [6.45, 7) is 2.16. The van der Waals surface area contributed by atoms with Gasteiger partial charge in [-0.2, -0.15) is 0 Å². The summed E-state index contributed by atoms with van der Waals surface area (Å²) < 4.78 is 18.7. The van der Waals surface area contributed by atoms with Gasteiger partial charge in [-0.1, -0.05) is 0 Å². The van der Waals surface area contributed by atoms with Crippen LogP contribution in [0.25, 0.3) is 0 Å². The molecule has 0 unspecified atom stereocenters. The Bertz CT molecular complexity index is 633. The summed E-state index contributed by atoms with van der Waals surface area (Å²) in [5, 5.41) is 5.57. The van der Waals surface area contributed by atoms with E-state index in [2.05, 4.69) is 26.2 Å². The van der Waals surface area contributed by atoms with Crippen LogP contribution in [-0.2, 0) is 16.0 Å². The molecule has 0 saturated carbocycles. The SMILES string of the molecule is CCOC(=O)CCc1csc(Nc2ccc(Br)c(F)c2)n1. The summed E-state index contributed by atoms with van der Waals surface area (Å²) in [5.41, 5.74) is 1.44. The molecule has 0 aliphatic rings.